The molecule has 110 valence electrons. The Labute approximate surface area is 130 Å². The lowest BCUT2D eigenvalue weighted by molar-refractivity contribution is 0.0533. The van der Waals surface area contributed by atoms with Gasteiger partial charge >= 0.3 is 5.97 Å². The molecule has 21 heavy (non-hydrogen) atoms. The minimum Gasteiger partial charge on any atom is -0.462 e. The predicted molar refractivity (Wildman–Crippen MR) is 84.2 cm³/mol. The Morgan fingerprint density at radius 2 is 2.05 bits per heavy atom. The number of carbonyl (C=O) groups excluding carboxylic acids is 2. The molecule has 1 heterocycles. The molecule has 0 spiro atoms. The maximum Gasteiger partial charge on any atom is 0.352 e. The molecule has 0 saturated heterocycles. The van der Waals surface area contributed by atoms with Crippen LogP contribution in [0.5, 0.6) is 0 Å². The number of benzene rings is 1. The van der Waals surface area contributed by atoms with Crippen molar-refractivity contribution >= 4 is 40.8 Å². The Morgan fingerprint density at radius 1 is 1.33 bits per heavy atom. The molecule has 0 fully saturated rings. The van der Waals surface area contributed by atoms with Crippen molar-refractivity contribution in [1.82, 2.24) is 4.98 Å². The molecule has 0 atom stereocenters. The van der Waals surface area contributed by atoms with Gasteiger partial charge in [0.15, 0.2) is 15.0 Å². The monoisotopic (exact) mass is 322 g/mol. The summed E-state index contributed by atoms with van der Waals surface area (Å²) in [6.45, 7) is 2.01. The van der Waals surface area contributed by atoms with Crippen molar-refractivity contribution in [2.75, 3.05) is 18.2 Å². The summed E-state index contributed by atoms with van der Waals surface area (Å²) in [7, 11) is 0. The molecule has 1 aromatic heterocycles. The van der Waals surface area contributed by atoms with E-state index in [0.29, 0.717) is 14.8 Å². The third kappa shape index (κ3) is 3.83. The number of aromatic nitrogens is 1. The number of esters is 1. The van der Waals surface area contributed by atoms with Crippen LogP contribution in [-0.4, -0.2) is 29.7 Å². The van der Waals surface area contributed by atoms with Crippen molar-refractivity contribution < 1.29 is 14.3 Å². The van der Waals surface area contributed by atoms with Crippen molar-refractivity contribution in [3.05, 3.63) is 40.8 Å². The maximum atomic E-state index is 12.1. The molecule has 2 aromatic rings. The van der Waals surface area contributed by atoms with E-state index in [1.807, 2.05) is 12.3 Å². The molecule has 1 aromatic carbocycles. The number of rotatable bonds is 5. The summed E-state index contributed by atoms with van der Waals surface area (Å²) in [6, 6.07) is 8.77. The fourth-order valence-electron chi connectivity index (χ4n) is 1.58. The van der Waals surface area contributed by atoms with E-state index in [2.05, 4.69) is 10.3 Å². The number of thioether (sulfide) groups is 1. The normalized spacial score (nSPS) is 10.2. The number of anilines is 1. The standard InChI is InChI=1S/C14H14N2O3S2/c1-3-19-13(18)10-11(16-14(20-2)21-10)15-12(17)9-7-5-4-6-8-9/h4-8H,3H2,1-2H3,(H,15,17). The molecule has 0 bridgehead atoms. The first-order valence-corrected chi connectivity index (χ1v) is 8.28. The maximum absolute atomic E-state index is 12.1. The summed E-state index contributed by atoms with van der Waals surface area (Å²) >= 11 is 2.62. The van der Waals surface area contributed by atoms with Crippen LogP contribution in [-0.2, 0) is 4.74 Å². The van der Waals surface area contributed by atoms with Crippen LogP contribution < -0.4 is 5.32 Å². The zero-order valence-electron chi connectivity index (χ0n) is 11.6. The van der Waals surface area contributed by atoms with Crippen LogP contribution >= 0.6 is 23.1 Å². The number of thiazole rings is 1. The van der Waals surface area contributed by atoms with Crippen LogP contribution in [0.4, 0.5) is 5.82 Å². The fraction of sp³-hybridized carbons (Fsp3) is 0.214. The molecule has 7 heteroatoms. The molecule has 0 unspecified atom stereocenters. The van der Waals surface area contributed by atoms with Gasteiger partial charge in [0, 0.05) is 5.56 Å². The van der Waals surface area contributed by atoms with Crippen molar-refractivity contribution in [1.29, 1.82) is 0 Å². The first kappa shape index (κ1) is 15.5. The average Bonchev–Trinajstić information content (AvgIpc) is 2.91. The van der Waals surface area contributed by atoms with Crippen LogP contribution in [0.3, 0.4) is 0 Å². The summed E-state index contributed by atoms with van der Waals surface area (Å²) in [6.07, 6.45) is 1.86. The van der Waals surface area contributed by atoms with Crippen molar-refractivity contribution in [3.8, 4) is 0 Å². The van der Waals surface area contributed by atoms with E-state index in [9.17, 15) is 9.59 Å². The van der Waals surface area contributed by atoms with Crippen molar-refractivity contribution in [3.63, 3.8) is 0 Å². The van der Waals surface area contributed by atoms with Crippen LogP contribution in [0.1, 0.15) is 27.0 Å². The van der Waals surface area contributed by atoms with Gasteiger partial charge in [-0.1, -0.05) is 41.3 Å². The van der Waals surface area contributed by atoms with Crippen LogP contribution in [0, 0.1) is 0 Å². The molecule has 1 N–H and O–H groups in total. The number of carbonyl (C=O) groups is 2. The molecule has 0 aliphatic rings. The van der Waals surface area contributed by atoms with Gasteiger partial charge in [-0.25, -0.2) is 9.78 Å². The summed E-state index contributed by atoms with van der Waals surface area (Å²) in [5, 5.41) is 2.67. The van der Waals surface area contributed by atoms with Gasteiger partial charge < -0.3 is 10.1 Å². The lowest BCUT2D eigenvalue weighted by Crippen LogP contribution is -2.15. The second kappa shape index (κ2) is 7.24. The Bertz CT molecular complexity index is 641. The lowest BCUT2D eigenvalue weighted by Gasteiger charge is -2.04. The summed E-state index contributed by atoms with van der Waals surface area (Å²) in [5.41, 5.74) is 0.506. The number of hydrogen-bond donors (Lipinski definition) is 1. The zero-order chi connectivity index (χ0) is 15.2. The quantitative estimate of drug-likeness (QED) is 0.676. The highest BCUT2D eigenvalue weighted by Crippen LogP contribution is 2.30. The third-order valence-corrected chi connectivity index (χ3v) is 4.53. The van der Waals surface area contributed by atoms with Crippen LogP contribution in [0.2, 0.25) is 0 Å². The van der Waals surface area contributed by atoms with Gasteiger partial charge in [-0.05, 0) is 25.3 Å². The Kier molecular flexibility index (Phi) is 5.35. The number of hydrogen-bond acceptors (Lipinski definition) is 6. The molecular formula is C14H14N2O3S2. The molecule has 0 aliphatic heterocycles. The Morgan fingerprint density at radius 3 is 2.67 bits per heavy atom. The van der Waals surface area contributed by atoms with E-state index in [0.717, 1.165) is 0 Å². The van der Waals surface area contributed by atoms with Gasteiger partial charge in [0.25, 0.3) is 5.91 Å². The van der Waals surface area contributed by atoms with E-state index in [4.69, 9.17) is 4.74 Å². The number of ether oxygens (including phenoxy) is 1. The predicted octanol–water partition coefficient (Wildman–Crippen LogP) is 3.29. The van der Waals surface area contributed by atoms with Crippen LogP contribution in [0.15, 0.2) is 34.7 Å². The van der Waals surface area contributed by atoms with Crippen molar-refractivity contribution in [2.24, 2.45) is 0 Å². The second-order valence-electron chi connectivity index (χ2n) is 3.90. The number of nitrogens with zero attached hydrogens (tertiary/aromatic N) is 1. The van der Waals surface area contributed by atoms with Crippen LogP contribution in [0.25, 0.3) is 0 Å². The molecule has 1 amide bonds. The minimum atomic E-state index is -0.473. The van der Waals surface area contributed by atoms with E-state index in [-0.39, 0.29) is 18.3 Å². The smallest absolute Gasteiger partial charge is 0.352 e. The van der Waals surface area contributed by atoms with E-state index >= 15 is 0 Å². The van der Waals surface area contributed by atoms with E-state index in [1.54, 1.807) is 31.2 Å². The SMILES string of the molecule is CCOC(=O)c1sc(SC)nc1NC(=O)c1ccccc1. The highest BCUT2D eigenvalue weighted by atomic mass is 32.2. The fourth-order valence-corrected chi connectivity index (χ4v) is 2.99. The van der Waals surface area contributed by atoms with Gasteiger partial charge in [0.2, 0.25) is 0 Å². The highest BCUT2D eigenvalue weighted by molar-refractivity contribution is 8.00. The average molecular weight is 322 g/mol. The molecule has 0 saturated carbocycles. The van der Waals surface area contributed by atoms with Gasteiger partial charge in [-0.15, -0.1) is 0 Å². The minimum absolute atomic E-state index is 0.247. The molecule has 2 rings (SSSR count). The molecule has 0 aliphatic carbocycles. The van der Waals surface area contributed by atoms with Crippen molar-refractivity contribution in [2.45, 2.75) is 11.3 Å². The Balaban J connectivity index is 2.24. The second-order valence-corrected chi connectivity index (χ2v) is 5.95. The van der Waals surface area contributed by atoms with Gasteiger partial charge in [-0.3, -0.25) is 4.79 Å². The molecular weight excluding hydrogens is 308 g/mol. The first-order chi connectivity index (χ1) is 10.2. The first-order valence-electron chi connectivity index (χ1n) is 6.24. The Hall–Kier alpha value is -1.86. The summed E-state index contributed by atoms with van der Waals surface area (Å²) < 4.78 is 5.68. The number of nitrogens with one attached hydrogen (secondary N) is 1. The third-order valence-electron chi connectivity index (χ3n) is 2.51. The van der Waals surface area contributed by atoms with E-state index < -0.39 is 5.97 Å². The lowest BCUT2D eigenvalue weighted by atomic mass is 10.2. The van der Waals surface area contributed by atoms with Gasteiger partial charge in [0.1, 0.15) is 0 Å². The van der Waals surface area contributed by atoms with Gasteiger partial charge in [-0.2, -0.15) is 0 Å². The van der Waals surface area contributed by atoms with E-state index in [1.165, 1.54) is 23.1 Å². The number of amides is 1. The zero-order valence-corrected chi connectivity index (χ0v) is 13.2. The highest BCUT2D eigenvalue weighted by Gasteiger charge is 2.21. The van der Waals surface area contributed by atoms with Gasteiger partial charge in [0.05, 0.1) is 6.61 Å². The summed E-state index contributed by atoms with van der Waals surface area (Å²) in [5.74, 6) is -0.533. The molecule has 5 nitrogen and oxygen atoms in total. The largest absolute Gasteiger partial charge is 0.462 e. The topological polar surface area (TPSA) is 68.3 Å². The molecule has 0 radical (unpaired) electrons. The summed E-state index contributed by atoms with van der Waals surface area (Å²) in [4.78, 5) is 28.6.